The third kappa shape index (κ3) is 5.04. The number of imidazole rings is 1. The first-order valence-electron chi connectivity index (χ1n) is 11.6. The van der Waals surface area contributed by atoms with Crippen molar-refractivity contribution >= 4 is 32.7 Å². The molecular weight excluding hydrogens is 496 g/mol. The number of nitrogens with zero attached hydrogens (tertiary/aromatic N) is 6. The molecule has 9 nitrogen and oxygen atoms in total. The van der Waals surface area contributed by atoms with Gasteiger partial charge in [-0.1, -0.05) is 11.3 Å². The van der Waals surface area contributed by atoms with Gasteiger partial charge in [-0.3, -0.25) is 4.40 Å². The second-order valence-electron chi connectivity index (χ2n) is 10.0. The highest BCUT2D eigenvalue weighted by Crippen LogP contribution is 2.38. The fourth-order valence-corrected chi connectivity index (χ4v) is 6.74. The van der Waals surface area contributed by atoms with Crippen molar-refractivity contribution in [1.29, 1.82) is 0 Å². The predicted octanol–water partition coefficient (Wildman–Crippen LogP) is 3.40. The molecule has 0 atom stereocenters. The minimum Gasteiger partial charge on any atom is -0.368 e. The largest absolute Gasteiger partial charge is 0.368 e. The number of rotatable bonds is 8. The summed E-state index contributed by atoms with van der Waals surface area (Å²) in [6, 6.07) is 1.68. The number of hydrogen-bond donors (Lipinski definition) is 1. The highest BCUT2D eigenvalue weighted by Gasteiger charge is 2.41. The molecular formula is C22H29F2N7O2S2. The number of fused-ring (bicyclic) bond motifs is 1. The Morgan fingerprint density at radius 3 is 2.57 bits per heavy atom. The van der Waals surface area contributed by atoms with E-state index in [-0.39, 0.29) is 14.9 Å². The van der Waals surface area contributed by atoms with Gasteiger partial charge in [0.2, 0.25) is 10.0 Å². The molecule has 0 spiro atoms. The molecule has 0 aromatic carbocycles. The van der Waals surface area contributed by atoms with E-state index in [9.17, 15) is 17.2 Å². The third-order valence-corrected chi connectivity index (χ3v) is 9.24. The molecule has 0 amide bonds. The number of pyridine rings is 1. The minimum absolute atomic E-state index is 0.112. The van der Waals surface area contributed by atoms with Crippen molar-refractivity contribution in [1.82, 2.24) is 29.2 Å². The van der Waals surface area contributed by atoms with E-state index in [1.165, 1.54) is 6.20 Å². The van der Waals surface area contributed by atoms with Crippen LogP contribution in [0.1, 0.15) is 44.0 Å². The molecule has 5 rings (SSSR count). The summed E-state index contributed by atoms with van der Waals surface area (Å²) < 4.78 is 57.3. The SMILES string of the molecule is CN(C)CC1CCN(c2cc(S(=O)(=O)NC3(C)CC3)cn3c(-c4nnc(C(F)F)s4)cnc23)CC1. The second-order valence-corrected chi connectivity index (χ2v) is 12.7. The van der Waals surface area contributed by atoms with Gasteiger partial charge in [0.15, 0.2) is 15.7 Å². The van der Waals surface area contributed by atoms with Gasteiger partial charge in [-0.05, 0) is 58.7 Å². The zero-order valence-electron chi connectivity index (χ0n) is 19.9. The monoisotopic (exact) mass is 525 g/mol. The Hall–Kier alpha value is -2.22. The van der Waals surface area contributed by atoms with Crippen LogP contribution in [-0.2, 0) is 10.0 Å². The minimum atomic E-state index is -3.80. The molecule has 35 heavy (non-hydrogen) atoms. The lowest BCUT2D eigenvalue weighted by atomic mass is 9.96. The highest BCUT2D eigenvalue weighted by molar-refractivity contribution is 7.89. The van der Waals surface area contributed by atoms with Crippen molar-refractivity contribution in [2.45, 2.75) is 49.5 Å². The molecule has 0 radical (unpaired) electrons. The Morgan fingerprint density at radius 2 is 1.97 bits per heavy atom. The molecule has 1 aliphatic heterocycles. The van der Waals surface area contributed by atoms with Crippen LogP contribution < -0.4 is 9.62 Å². The summed E-state index contributed by atoms with van der Waals surface area (Å²) in [7, 11) is 0.328. The van der Waals surface area contributed by atoms with Crippen molar-refractivity contribution in [2.75, 3.05) is 38.6 Å². The topological polar surface area (TPSA) is 95.7 Å². The highest BCUT2D eigenvalue weighted by atomic mass is 32.2. The fourth-order valence-electron chi connectivity index (χ4n) is 4.55. The van der Waals surface area contributed by atoms with Gasteiger partial charge in [0.05, 0.1) is 11.9 Å². The van der Waals surface area contributed by atoms with Crippen LogP contribution in [0.25, 0.3) is 16.3 Å². The molecule has 1 saturated heterocycles. The van der Waals surface area contributed by atoms with Gasteiger partial charge in [-0.2, -0.15) is 0 Å². The normalized spacial score (nSPS) is 18.8. The Labute approximate surface area is 207 Å². The van der Waals surface area contributed by atoms with Crippen molar-refractivity contribution in [3.63, 3.8) is 0 Å². The lowest BCUT2D eigenvalue weighted by Gasteiger charge is -2.35. The molecule has 0 bridgehead atoms. The van der Waals surface area contributed by atoms with E-state index >= 15 is 0 Å². The summed E-state index contributed by atoms with van der Waals surface area (Å²) in [5.41, 5.74) is 1.28. The number of anilines is 1. The number of piperidine rings is 1. The molecule has 2 aliphatic rings. The van der Waals surface area contributed by atoms with Crippen LogP contribution in [0.5, 0.6) is 0 Å². The molecule has 0 unspecified atom stereocenters. The quantitative estimate of drug-likeness (QED) is 0.482. The van der Waals surface area contributed by atoms with Gasteiger partial charge in [-0.25, -0.2) is 26.9 Å². The summed E-state index contributed by atoms with van der Waals surface area (Å²) in [4.78, 5) is 9.02. The summed E-state index contributed by atoms with van der Waals surface area (Å²) in [6.45, 7) is 4.45. The van der Waals surface area contributed by atoms with Crippen molar-refractivity contribution in [3.05, 3.63) is 23.5 Å². The molecule has 2 fully saturated rings. The van der Waals surface area contributed by atoms with E-state index < -0.39 is 22.0 Å². The Kier molecular flexibility index (Phi) is 6.31. The van der Waals surface area contributed by atoms with Gasteiger partial charge >= 0.3 is 0 Å². The molecule has 1 aliphatic carbocycles. The van der Waals surface area contributed by atoms with Crippen LogP contribution in [0, 0.1) is 5.92 Å². The van der Waals surface area contributed by atoms with Crippen LogP contribution in [0.15, 0.2) is 23.4 Å². The lowest BCUT2D eigenvalue weighted by Crippen LogP contribution is -2.38. The first kappa shape index (κ1) is 24.5. The second kappa shape index (κ2) is 9.02. The van der Waals surface area contributed by atoms with E-state index in [2.05, 4.69) is 43.8 Å². The average molecular weight is 526 g/mol. The average Bonchev–Trinajstić information content (AvgIpc) is 3.17. The van der Waals surface area contributed by atoms with Gasteiger partial charge in [0.1, 0.15) is 10.6 Å². The van der Waals surface area contributed by atoms with Crippen molar-refractivity contribution in [2.24, 2.45) is 5.92 Å². The maximum atomic E-state index is 13.3. The van der Waals surface area contributed by atoms with Crippen LogP contribution in [0.3, 0.4) is 0 Å². The van der Waals surface area contributed by atoms with Gasteiger partial charge in [0.25, 0.3) is 6.43 Å². The van der Waals surface area contributed by atoms with E-state index in [0.717, 1.165) is 56.7 Å². The lowest BCUT2D eigenvalue weighted by molar-refractivity contribution is 0.150. The fraction of sp³-hybridized carbons (Fsp3) is 0.591. The third-order valence-electron chi connectivity index (χ3n) is 6.68. The van der Waals surface area contributed by atoms with E-state index in [0.29, 0.717) is 22.9 Å². The summed E-state index contributed by atoms with van der Waals surface area (Å²) in [6.07, 6.45) is 3.87. The number of aromatic nitrogens is 4. The van der Waals surface area contributed by atoms with E-state index in [1.807, 2.05) is 6.92 Å². The van der Waals surface area contributed by atoms with Crippen molar-refractivity contribution < 1.29 is 17.2 Å². The van der Waals surface area contributed by atoms with Crippen LogP contribution in [0.4, 0.5) is 14.5 Å². The molecule has 1 N–H and O–H groups in total. The summed E-state index contributed by atoms with van der Waals surface area (Å²) >= 11 is 0.778. The van der Waals surface area contributed by atoms with Crippen molar-refractivity contribution in [3.8, 4) is 10.7 Å². The Balaban J connectivity index is 1.57. The predicted molar refractivity (Wildman–Crippen MR) is 131 cm³/mol. The maximum absolute atomic E-state index is 13.3. The summed E-state index contributed by atoms with van der Waals surface area (Å²) in [5.74, 6) is 0.574. The molecule has 3 aromatic rings. The smallest absolute Gasteiger partial charge is 0.291 e. The van der Waals surface area contributed by atoms with E-state index in [4.69, 9.17) is 0 Å². The number of nitrogens with one attached hydrogen (secondary N) is 1. The van der Waals surface area contributed by atoms with Crippen LogP contribution >= 0.6 is 11.3 Å². The van der Waals surface area contributed by atoms with Gasteiger partial charge in [-0.15, -0.1) is 10.2 Å². The summed E-state index contributed by atoms with van der Waals surface area (Å²) in [5, 5.41) is 7.38. The molecule has 190 valence electrons. The number of hydrogen-bond acceptors (Lipinski definition) is 8. The Bertz CT molecular complexity index is 1330. The van der Waals surface area contributed by atoms with Crippen LogP contribution in [-0.4, -0.2) is 72.2 Å². The number of alkyl halides is 2. The standard InChI is InChI=1S/C22H29F2N7O2S2/c1-22(6-7-22)28-35(32,33)15-10-16(30-8-4-14(5-9-30)12-29(2)3)19-25-11-17(31(19)13-15)20-26-27-21(34-20)18(23)24/h10-11,13-14,18,28H,4-9,12H2,1-3H3. The first-order valence-corrected chi connectivity index (χ1v) is 13.9. The molecule has 4 heterocycles. The first-order chi connectivity index (χ1) is 16.5. The molecule has 1 saturated carbocycles. The number of sulfonamides is 1. The Morgan fingerprint density at radius 1 is 1.26 bits per heavy atom. The zero-order chi connectivity index (χ0) is 25.0. The van der Waals surface area contributed by atoms with E-state index in [1.54, 1.807) is 16.7 Å². The van der Waals surface area contributed by atoms with Gasteiger partial charge in [0, 0.05) is 31.4 Å². The molecule has 3 aromatic heterocycles. The van der Waals surface area contributed by atoms with Gasteiger partial charge < -0.3 is 9.80 Å². The van der Waals surface area contributed by atoms with Crippen LogP contribution in [0.2, 0.25) is 0 Å². The number of halogens is 2. The molecule has 13 heteroatoms. The zero-order valence-corrected chi connectivity index (χ0v) is 21.5. The maximum Gasteiger partial charge on any atom is 0.291 e.